The van der Waals surface area contributed by atoms with Gasteiger partial charge in [-0.25, -0.2) is 14.2 Å². The van der Waals surface area contributed by atoms with Gasteiger partial charge in [0.05, 0.1) is 18.3 Å². The minimum absolute atomic E-state index is 0.156. The number of aromatic nitrogens is 2. The van der Waals surface area contributed by atoms with Crippen molar-refractivity contribution in [3.8, 4) is 5.75 Å². The molecule has 1 amide bonds. The molecular weight excluding hydrogens is 525 g/mol. The fraction of sp³-hybridized carbons (Fsp3) is 0.179. The maximum atomic E-state index is 13.8. The lowest BCUT2D eigenvalue weighted by molar-refractivity contribution is 0.145. The van der Waals surface area contributed by atoms with Gasteiger partial charge in [0.1, 0.15) is 17.4 Å². The minimum atomic E-state index is -0.486. The zero-order valence-corrected chi connectivity index (χ0v) is 21.1. The van der Waals surface area contributed by atoms with Gasteiger partial charge in [0.25, 0.3) is 5.56 Å². The molecule has 0 saturated carbocycles. The first-order chi connectivity index (χ1) is 17.4. The number of carbonyl (C=O) groups is 1. The maximum Gasteiger partial charge on any atom is 0.415 e. The van der Waals surface area contributed by atoms with Crippen molar-refractivity contribution in [1.29, 1.82) is 0 Å². The van der Waals surface area contributed by atoms with Gasteiger partial charge >= 0.3 is 6.09 Å². The Kier molecular flexibility index (Phi) is 6.69. The summed E-state index contributed by atoms with van der Waals surface area (Å²) in [5, 5.41) is 0. The molecule has 0 radical (unpaired) electrons. The first kappa shape index (κ1) is 23.9. The molecule has 1 aliphatic rings. The third-order valence-electron chi connectivity index (χ3n) is 6.28. The number of carbonyl (C=O) groups excluding carboxylic acids is 1. The highest BCUT2D eigenvalue weighted by Crippen LogP contribution is 2.28. The van der Waals surface area contributed by atoms with Gasteiger partial charge in [0.2, 0.25) is 0 Å². The number of nitrogens with zero attached hydrogens (tertiary/aromatic N) is 3. The molecule has 1 unspecified atom stereocenters. The molecule has 1 atom stereocenters. The third kappa shape index (κ3) is 4.81. The Morgan fingerprint density at radius 1 is 1.00 bits per heavy atom. The summed E-state index contributed by atoms with van der Waals surface area (Å²) in [6.07, 6.45) is -0.123. The van der Waals surface area contributed by atoms with E-state index in [4.69, 9.17) is 9.72 Å². The Labute approximate surface area is 216 Å². The number of hydrogen-bond acceptors (Lipinski definition) is 4. The van der Waals surface area contributed by atoms with Crippen LogP contribution in [0.15, 0.2) is 88.1 Å². The summed E-state index contributed by atoms with van der Waals surface area (Å²) in [6.45, 7) is 2.31. The molecule has 5 rings (SSSR count). The Morgan fingerprint density at radius 3 is 2.36 bits per heavy atom. The largest absolute Gasteiger partial charge is 0.415 e. The van der Waals surface area contributed by atoms with Crippen molar-refractivity contribution in [3.63, 3.8) is 0 Å². The maximum absolute atomic E-state index is 13.8. The lowest BCUT2D eigenvalue weighted by Crippen LogP contribution is -2.43. The van der Waals surface area contributed by atoms with Gasteiger partial charge in [-0.15, -0.1) is 0 Å². The molecule has 4 aromatic rings. The molecular formula is C28H23BrFN3O3. The van der Waals surface area contributed by atoms with Gasteiger partial charge in [-0.1, -0.05) is 58.4 Å². The van der Waals surface area contributed by atoms with E-state index >= 15 is 0 Å². The third-order valence-corrected chi connectivity index (χ3v) is 6.81. The Balaban J connectivity index is 1.48. The number of rotatable bonds is 4. The number of amides is 1. The van der Waals surface area contributed by atoms with Crippen LogP contribution in [0.25, 0.3) is 0 Å². The number of fused-ring (bicyclic) bond motifs is 1. The average Bonchev–Trinajstić information content (AvgIpc) is 2.89. The summed E-state index contributed by atoms with van der Waals surface area (Å²) in [7, 11) is 0. The van der Waals surface area contributed by atoms with Crippen LogP contribution in [0.5, 0.6) is 5.75 Å². The van der Waals surface area contributed by atoms with Gasteiger partial charge in [-0.05, 0) is 60.9 Å². The van der Waals surface area contributed by atoms with E-state index in [0.29, 0.717) is 35.8 Å². The van der Waals surface area contributed by atoms with Crippen LogP contribution in [0, 0.1) is 12.7 Å². The van der Waals surface area contributed by atoms with Gasteiger partial charge in [-0.3, -0.25) is 9.36 Å². The lowest BCUT2D eigenvalue weighted by atomic mass is 9.97. The average molecular weight is 548 g/mol. The highest BCUT2D eigenvalue weighted by molar-refractivity contribution is 9.10. The van der Waals surface area contributed by atoms with E-state index in [1.54, 1.807) is 52.8 Å². The number of benzene rings is 3. The molecule has 3 aromatic carbocycles. The van der Waals surface area contributed by atoms with Crippen molar-refractivity contribution in [1.82, 2.24) is 14.5 Å². The molecule has 1 aromatic heterocycles. The Morgan fingerprint density at radius 2 is 1.67 bits per heavy atom. The van der Waals surface area contributed by atoms with E-state index < -0.39 is 12.1 Å². The van der Waals surface area contributed by atoms with Crippen LogP contribution in [0.4, 0.5) is 9.18 Å². The molecule has 0 bridgehead atoms. The SMILES string of the molecule is Cc1nc2c(c(=O)n1C(c1ccccc1)c1ccc(F)cc1)CCN(C(=O)Oc1ccc(Br)cc1)C2. The summed E-state index contributed by atoms with van der Waals surface area (Å²) < 4.78 is 21.7. The fourth-order valence-corrected chi connectivity index (χ4v) is 4.78. The summed E-state index contributed by atoms with van der Waals surface area (Å²) in [5.41, 5.74) is 2.67. The lowest BCUT2D eigenvalue weighted by Gasteiger charge is -2.30. The second-order valence-electron chi connectivity index (χ2n) is 8.62. The molecule has 36 heavy (non-hydrogen) atoms. The molecule has 0 aliphatic carbocycles. The number of ether oxygens (including phenoxy) is 1. The molecule has 0 fully saturated rings. The highest BCUT2D eigenvalue weighted by atomic mass is 79.9. The van der Waals surface area contributed by atoms with Crippen LogP contribution in [0.3, 0.4) is 0 Å². The molecule has 6 nitrogen and oxygen atoms in total. The molecule has 0 spiro atoms. The van der Waals surface area contributed by atoms with E-state index in [-0.39, 0.29) is 17.9 Å². The van der Waals surface area contributed by atoms with Crippen molar-refractivity contribution in [2.24, 2.45) is 0 Å². The summed E-state index contributed by atoms with van der Waals surface area (Å²) >= 11 is 3.36. The molecule has 8 heteroatoms. The highest BCUT2D eigenvalue weighted by Gasteiger charge is 2.29. The molecule has 0 saturated heterocycles. The van der Waals surface area contributed by atoms with Crippen LogP contribution in [0.1, 0.15) is 34.3 Å². The van der Waals surface area contributed by atoms with Crippen LogP contribution in [-0.4, -0.2) is 27.1 Å². The molecule has 1 aliphatic heterocycles. The van der Waals surface area contributed by atoms with Crippen molar-refractivity contribution in [2.45, 2.75) is 25.9 Å². The van der Waals surface area contributed by atoms with E-state index in [1.165, 1.54) is 12.1 Å². The van der Waals surface area contributed by atoms with Crippen molar-refractivity contribution >= 4 is 22.0 Å². The van der Waals surface area contributed by atoms with Crippen LogP contribution in [0.2, 0.25) is 0 Å². The van der Waals surface area contributed by atoms with E-state index in [1.807, 2.05) is 30.3 Å². The number of aryl methyl sites for hydroxylation is 1. The van der Waals surface area contributed by atoms with Crippen LogP contribution >= 0.6 is 15.9 Å². The normalized spacial score (nSPS) is 13.7. The molecule has 0 N–H and O–H groups in total. The zero-order valence-electron chi connectivity index (χ0n) is 19.5. The van der Waals surface area contributed by atoms with Crippen LogP contribution in [-0.2, 0) is 13.0 Å². The monoisotopic (exact) mass is 547 g/mol. The Hall–Kier alpha value is -3.78. The van der Waals surface area contributed by atoms with E-state index in [2.05, 4.69) is 15.9 Å². The molecule has 182 valence electrons. The first-order valence-electron chi connectivity index (χ1n) is 11.5. The van der Waals surface area contributed by atoms with E-state index in [0.717, 1.165) is 15.6 Å². The van der Waals surface area contributed by atoms with Gasteiger partial charge in [0, 0.05) is 16.6 Å². The zero-order chi connectivity index (χ0) is 25.2. The second-order valence-corrected chi connectivity index (χ2v) is 9.53. The minimum Gasteiger partial charge on any atom is -0.410 e. The van der Waals surface area contributed by atoms with Crippen molar-refractivity contribution in [3.05, 3.63) is 128 Å². The number of halogens is 2. The standard InChI is InChI=1S/C28H23BrFN3O3/c1-18-31-25-17-32(28(35)36-23-13-9-21(29)10-14-23)16-15-24(25)27(34)33(18)26(19-5-3-2-4-6-19)20-7-11-22(30)12-8-20/h2-14,26H,15-17H2,1H3. The summed E-state index contributed by atoms with van der Waals surface area (Å²) in [6, 6.07) is 22.3. The summed E-state index contributed by atoms with van der Waals surface area (Å²) in [4.78, 5) is 32.9. The topological polar surface area (TPSA) is 64.4 Å². The van der Waals surface area contributed by atoms with Crippen molar-refractivity contribution in [2.75, 3.05) is 6.54 Å². The number of hydrogen-bond donors (Lipinski definition) is 0. The van der Waals surface area contributed by atoms with Crippen LogP contribution < -0.4 is 10.3 Å². The summed E-state index contributed by atoms with van der Waals surface area (Å²) in [5.74, 6) is 0.618. The quantitative estimate of drug-likeness (QED) is 0.331. The second kappa shape index (κ2) is 10.1. The van der Waals surface area contributed by atoms with Gasteiger partial charge < -0.3 is 9.64 Å². The fourth-order valence-electron chi connectivity index (χ4n) is 4.52. The van der Waals surface area contributed by atoms with E-state index in [9.17, 15) is 14.0 Å². The smallest absolute Gasteiger partial charge is 0.410 e. The first-order valence-corrected chi connectivity index (χ1v) is 12.3. The predicted octanol–water partition coefficient (Wildman–Crippen LogP) is 5.65. The van der Waals surface area contributed by atoms with Gasteiger partial charge in [-0.2, -0.15) is 0 Å². The van der Waals surface area contributed by atoms with Gasteiger partial charge in [0.15, 0.2) is 0 Å². The predicted molar refractivity (Wildman–Crippen MR) is 138 cm³/mol. The van der Waals surface area contributed by atoms with Crippen molar-refractivity contribution < 1.29 is 13.9 Å². The Bertz CT molecular complexity index is 1450. The molecule has 2 heterocycles.